The minimum atomic E-state index is -4.35. The summed E-state index contributed by atoms with van der Waals surface area (Å²) >= 11 is 11.3. The van der Waals surface area contributed by atoms with Crippen molar-refractivity contribution in [2.45, 2.75) is 24.3 Å². The molecule has 0 saturated heterocycles. The van der Waals surface area contributed by atoms with E-state index in [2.05, 4.69) is 0 Å². The first-order valence-electron chi connectivity index (χ1n) is 5.49. The lowest BCUT2D eigenvalue weighted by molar-refractivity contribution is -0.384. The summed E-state index contributed by atoms with van der Waals surface area (Å²) in [5, 5.41) is 18.7. The van der Waals surface area contributed by atoms with Gasteiger partial charge in [-0.15, -0.1) is 0 Å². The molecule has 0 radical (unpaired) electrons. The van der Waals surface area contributed by atoms with Crippen LogP contribution in [0.1, 0.15) is 13.3 Å². The van der Waals surface area contributed by atoms with Crippen molar-refractivity contribution in [3.05, 3.63) is 32.3 Å². The van der Waals surface area contributed by atoms with Gasteiger partial charge in [0, 0.05) is 0 Å². The monoisotopic (exact) mass is 356 g/mol. The predicted octanol–water partition coefficient (Wildman–Crippen LogP) is 2.04. The number of carboxylic acids is 1. The van der Waals surface area contributed by atoms with Gasteiger partial charge in [-0.25, -0.2) is 8.42 Å². The number of nitrogens with zero attached hydrogens (tertiary/aromatic N) is 1. The van der Waals surface area contributed by atoms with E-state index in [9.17, 15) is 23.3 Å². The number of rotatable bonds is 6. The van der Waals surface area contributed by atoms with Crippen LogP contribution in [0, 0.1) is 10.1 Å². The summed E-state index contributed by atoms with van der Waals surface area (Å²) in [7, 11) is -4.35. The van der Waals surface area contributed by atoms with Crippen LogP contribution in [-0.4, -0.2) is 30.5 Å². The Morgan fingerprint density at radius 1 is 1.48 bits per heavy atom. The average molecular weight is 357 g/mol. The van der Waals surface area contributed by atoms with Crippen LogP contribution in [0.2, 0.25) is 10.0 Å². The van der Waals surface area contributed by atoms with Gasteiger partial charge in [0.05, 0.1) is 4.92 Å². The minimum absolute atomic E-state index is 0.0120. The number of halogens is 2. The van der Waals surface area contributed by atoms with Gasteiger partial charge in [-0.05, 0) is 18.6 Å². The highest BCUT2D eigenvalue weighted by Crippen LogP contribution is 2.37. The van der Waals surface area contributed by atoms with Crippen LogP contribution in [0.5, 0.6) is 0 Å². The fourth-order valence-electron chi connectivity index (χ4n) is 1.46. The number of hydrogen-bond donors (Lipinski definition) is 2. The molecule has 0 unspecified atom stereocenters. The van der Waals surface area contributed by atoms with Crippen molar-refractivity contribution < 1.29 is 23.2 Å². The summed E-state index contributed by atoms with van der Waals surface area (Å²) in [6, 6.07) is 0.594. The molecule has 0 bridgehead atoms. The number of nitro groups is 1. The number of aliphatic carboxylic acids is 1. The lowest BCUT2D eigenvalue weighted by Gasteiger charge is -2.13. The number of nitrogens with one attached hydrogen (secondary N) is 1. The number of sulfonamides is 1. The summed E-state index contributed by atoms with van der Waals surface area (Å²) in [4.78, 5) is 20.2. The molecule has 0 aliphatic rings. The molecule has 0 aliphatic heterocycles. The van der Waals surface area contributed by atoms with Gasteiger partial charge >= 0.3 is 11.7 Å². The van der Waals surface area contributed by atoms with E-state index in [0.29, 0.717) is 0 Å². The molecule has 8 nitrogen and oxygen atoms in total. The second kappa shape index (κ2) is 6.56. The van der Waals surface area contributed by atoms with Crippen LogP contribution in [0.4, 0.5) is 5.69 Å². The smallest absolute Gasteiger partial charge is 0.321 e. The second-order valence-electron chi connectivity index (χ2n) is 3.89. The topological polar surface area (TPSA) is 127 Å². The van der Waals surface area contributed by atoms with E-state index in [0.717, 1.165) is 12.1 Å². The second-order valence-corrected chi connectivity index (χ2v) is 6.35. The molecule has 0 aliphatic carbocycles. The zero-order valence-electron chi connectivity index (χ0n) is 10.5. The van der Waals surface area contributed by atoms with Crippen molar-refractivity contribution in [3.63, 3.8) is 0 Å². The lowest BCUT2D eigenvalue weighted by Crippen LogP contribution is -2.40. The Morgan fingerprint density at radius 3 is 2.48 bits per heavy atom. The van der Waals surface area contributed by atoms with Crippen molar-refractivity contribution in [1.29, 1.82) is 0 Å². The average Bonchev–Trinajstić information content (AvgIpc) is 2.34. The fraction of sp³-hybridized carbons (Fsp3) is 0.300. The molecule has 1 rings (SSSR count). The van der Waals surface area contributed by atoms with Crippen LogP contribution in [0.15, 0.2) is 17.0 Å². The Hall–Kier alpha value is -1.42. The highest BCUT2D eigenvalue weighted by molar-refractivity contribution is 7.89. The van der Waals surface area contributed by atoms with Gasteiger partial charge in [-0.2, -0.15) is 4.72 Å². The van der Waals surface area contributed by atoms with Crippen LogP contribution in [0.3, 0.4) is 0 Å². The van der Waals surface area contributed by atoms with E-state index in [4.69, 9.17) is 28.3 Å². The van der Waals surface area contributed by atoms with Gasteiger partial charge in [0.2, 0.25) is 10.0 Å². The fourth-order valence-corrected chi connectivity index (χ4v) is 3.62. The number of carbonyl (C=O) groups is 1. The normalized spacial score (nSPS) is 12.9. The zero-order valence-corrected chi connectivity index (χ0v) is 12.9. The zero-order chi connectivity index (χ0) is 16.4. The van der Waals surface area contributed by atoms with E-state index >= 15 is 0 Å². The van der Waals surface area contributed by atoms with E-state index in [1.165, 1.54) is 6.92 Å². The quantitative estimate of drug-likeness (QED) is 0.593. The van der Waals surface area contributed by atoms with Gasteiger partial charge in [-0.1, -0.05) is 30.1 Å². The highest BCUT2D eigenvalue weighted by Gasteiger charge is 2.30. The molecule has 1 aromatic rings. The third-order valence-corrected chi connectivity index (χ3v) is 4.82. The first-order chi connectivity index (χ1) is 9.61. The van der Waals surface area contributed by atoms with Crippen LogP contribution < -0.4 is 4.72 Å². The molecule has 21 heavy (non-hydrogen) atoms. The Morgan fingerprint density at radius 2 is 2.05 bits per heavy atom. The molecule has 1 aromatic carbocycles. The van der Waals surface area contributed by atoms with Crippen molar-refractivity contribution in [2.75, 3.05) is 0 Å². The largest absolute Gasteiger partial charge is 0.480 e. The Bertz CT molecular complexity index is 691. The predicted molar refractivity (Wildman–Crippen MR) is 75.2 cm³/mol. The van der Waals surface area contributed by atoms with Crippen LogP contribution >= 0.6 is 23.2 Å². The van der Waals surface area contributed by atoms with Crippen molar-refractivity contribution in [2.24, 2.45) is 0 Å². The van der Waals surface area contributed by atoms with Crippen molar-refractivity contribution in [1.82, 2.24) is 4.72 Å². The van der Waals surface area contributed by atoms with E-state index < -0.39 is 42.6 Å². The van der Waals surface area contributed by atoms with Crippen molar-refractivity contribution >= 4 is 44.9 Å². The maximum atomic E-state index is 12.1. The molecule has 0 saturated carbocycles. The maximum absolute atomic E-state index is 12.1. The van der Waals surface area contributed by atoms with Gasteiger partial charge in [0.15, 0.2) is 0 Å². The lowest BCUT2D eigenvalue weighted by atomic mass is 10.2. The minimum Gasteiger partial charge on any atom is -0.480 e. The molecule has 0 spiro atoms. The molecule has 11 heteroatoms. The summed E-state index contributed by atoms with van der Waals surface area (Å²) in [5.74, 6) is -1.37. The van der Waals surface area contributed by atoms with E-state index in [-0.39, 0.29) is 11.4 Å². The summed E-state index contributed by atoms with van der Waals surface area (Å²) in [6.07, 6.45) is -0.0120. The van der Waals surface area contributed by atoms with Gasteiger partial charge < -0.3 is 5.11 Å². The maximum Gasteiger partial charge on any atom is 0.321 e. The first-order valence-corrected chi connectivity index (χ1v) is 7.73. The molecule has 2 N–H and O–H groups in total. The highest BCUT2D eigenvalue weighted by atomic mass is 35.5. The van der Waals surface area contributed by atoms with Crippen molar-refractivity contribution in [3.8, 4) is 0 Å². The SMILES string of the molecule is CC[C@@H](NS(=O)(=O)c1ccc(Cl)c([N+](=O)[O-])c1Cl)C(=O)O. The molecule has 0 heterocycles. The summed E-state index contributed by atoms with van der Waals surface area (Å²) < 4.78 is 26.1. The summed E-state index contributed by atoms with van der Waals surface area (Å²) in [5.41, 5.74) is -0.760. The molecule has 116 valence electrons. The first kappa shape index (κ1) is 17.6. The Balaban J connectivity index is 3.36. The number of hydrogen-bond acceptors (Lipinski definition) is 5. The number of carboxylic acid groups (broad SMARTS) is 1. The third-order valence-electron chi connectivity index (χ3n) is 2.51. The Labute approximate surface area is 129 Å². The summed E-state index contributed by atoms with van der Waals surface area (Å²) in [6.45, 7) is 1.47. The Kier molecular flexibility index (Phi) is 5.51. The molecule has 0 amide bonds. The van der Waals surface area contributed by atoms with Gasteiger partial charge in [-0.3, -0.25) is 14.9 Å². The number of benzene rings is 1. The van der Waals surface area contributed by atoms with Gasteiger partial charge in [0.25, 0.3) is 0 Å². The number of nitro benzene ring substituents is 1. The van der Waals surface area contributed by atoms with Crippen LogP contribution in [-0.2, 0) is 14.8 Å². The van der Waals surface area contributed by atoms with Gasteiger partial charge in [0.1, 0.15) is 21.0 Å². The molecule has 0 fully saturated rings. The van der Waals surface area contributed by atoms with E-state index in [1.807, 2.05) is 4.72 Å². The van der Waals surface area contributed by atoms with E-state index in [1.54, 1.807) is 0 Å². The third kappa shape index (κ3) is 3.82. The molecular formula is C10H10Cl2N2O6S. The molecule has 0 aromatic heterocycles. The molecular weight excluding hydrogens is 347 g/mol. The molecule has 1 atom stereocenters. The standard InChI is InChI=1S/C10H10Cl2N2O6S/c1-2-6(10(15)16)13-21(19,20)7-4-3-5(11)9(8(7)12)14(17)18/h3-4,6,13H,2H2,1H3,(H,15,16)/t6-/m1/s1. The van der Waals surface area contributed by atoms with Crippen LogP contribution in [0.25, 0.3) is 0 Å².